The van der Waals surface area contributed by atoms with E-state index in [0.29, 0.717) is 23.5 Å². The molecule has 2 fully saturated rings. The van der Waals surface area contributed by atoms with E-state index in [2.05, 4.69) is 57.4 Å². The Balaban J connectivity index is 1.36. The van der Waals surface area contributed by atoms with Gasteiger partial charge in [-0.05, 0) is 68.9 Å². The Morgan fingerprint density at radius 2 is 1.79 bits per heavy atom. The summed E-state index contributed by atoms with van der Waals surface area (Å²) in [5, 5.41) is -0.175. The van der Waals surface area contributed by atoms with E-state index in [4.69, 9.17) is 0 Å². The standard InChI is InChI=1S/C29H35N5O3S/c1-21-16-19-34(29(21,2)3)27-24(13-8-17-30-27)28(35)32-38(36,37)26-15-7-14-25(31-26)33-18-9-12-23(20-33)22-10-5-4-6-11-22/h4-8,10-11,13-15,17,21,23H,9,12,16,18-20H2,1-3H3,(H,32,35). The van der Waals surface area contributed by atoms with Gasteiger partial charge in [0.1, 0.15) is 11.6 Å². The minimum atomic E-state index is -4.20. The Hall–Kier alpha value is -3.46. The van der Waals surface area contributed by atoms with Crippen LogP contribution in [0.25, 0.3) is 0 Å². The Kier molecular flexibility index (Phi) is 7.13. The average molecular weight is 534 g/mol. The van der Waals surface area contributed by atoms with Crippen molar-refractivity contribution >= 4 is 27.6 Å². The molecule has 38 heavy (non-hydrogen) atoms. The van der Waals surface area contributed by atoms with Crippen LogP contribution in [0.3, 0.4) is 0 Å². The van der Waals surface area contributed by atoms with Crippen molar-refractivity contribution in [2.45, 2.75) is 56.5 Å². The fraction of sp³-hybridized carbons (Fsp3) is 0.414. The third-order valence-corrected chi connectivity index (χ3v) is 9.43. The molecule has 1 N–H and O–H groups in total. The molecule has 0 bridgehead atoms. The molecule has 2 aliphatic heterocycles. The number of nitrogens with one attached hydrogen (secondary N) is 1. The van der Waals surface area contributed by atoms with Gasteiger partial charge in [-0.25, -0.2) is 14.7 Å². The van der Waals surface area contributed by atoms with E-state index in [1.54, 1.807) is 24.4 Å². The number of piperidine rings is 1. The smallest absolute Gasteiger partial charge is 0.281 e. The molecule has 0 radical (unpaired) electrons. The van der Waals surface area contributed by atoms with Crippen molar-refractivity contribution in [2.24, 2.45) is 5.92 Å². The van der Waals surface area contributed by atoms with Gasteiger partial charge in [0.2, 0.25) is 0 Å². The summed E-state index contributed by atoms with van der Waals surface area (Å²) in [6.07, 6.45) is 4.67. The molecular formula is C29H35N5O3S. The number of amides is 1. The number of nitrogens with zero attached hydrogens (tertiary/aromatic N) is 4. The summed E-state index contributed by atoms with van der Waals surface area (Å²) in [5.41, 5.74) is 1.30. The number of hydrogen-bond acceptors (Lipinski definition) is 7. The molecule has 1 aromatic carbocycles. The second-order valence-electron chi connectivity index (χ2n) is 10.8. The summed E-state index contributed by atoms with van der Waals surface area (Å²) in [7, 11) is -4.20. The lowest BCUT2D eigenvalue weighted by Crippen LogP contribution is -2.43. The van der Waals surface area contributed by atoms with Gasteiger partial charge in [-0.2, -0.15) is 8.42 Å². The number of benzene rings is 1. The number of aromatic nitrogens is 2. The van der Waals surface area contributed by atoms with Gasteiger partial charge in [0.25, 0.3) is 15.9 Å². The van der Waals surface area contributed by atoms with Crippen molar-refractivity contribution in [3.8, 4) is 0 Å². The van der Waals surface area contributed by atoms with Crippen LogP contribution in [0.4, 0.5) is 11.6 Å². The highest BCUT2D eigenvalue weighted by molar-refractivity contribution is 7.90. The third-order valence-electron chi connectivity index (χ3n) is 8.20. The highest BCUT2D eigenvalue weighted by Crippen LogP contribution is 2.38. The molecule has 0 aliphatic carbocycles. The number of sulfonamides is 1. The van der Waals surface area contributed by atoms with Gasteiger partial charge in [0.05, 0.1) is 5.56 Å². The van der Waals surface area contributed by atoms with Crippen molar-refractivity contribution in [3.05, 3.63) is 78.0 Å². The molecule has 4 heterocycles. The first-order chi connectivity index (χ1) is 18.2. The van der Waals surface area contributed by atoms with E-state index < -0.39 is 15.9 Å². The molecule has 2 saturated heterocycles. The van der Waals surface area contributed by atoms with Crippen LogP contribution in [0.2, 0.25) is 0 Å². The molecular weight excluding hydrogens is 498 g/mol. The quantitative estimate of drug-likeness (QED) is 0.495. The minimum absolute atomic E-state index is 0.175. The molecule has 1 amide bonds. The largest absolute Gasteiger partial charge is 0.356 e. The van der Waals surface area contributed by atoms with Crippen LogP contribution in [-0.2, 0) is 10.0 Å². The summed E-state index contributed by atoms with van der Waals surface area (Å²) in [6.45, 7) is 8.73. The number of anilines is 2. The SMILES string of the molecule is CC1CCN(c2ncccc2C(=O)NS(=O)(=O)c2cccc(N3CCCC(c4ccccc4)C3)n2)C1(C)C. The summed E-state index contributed by atoms with van der Waals surface area (Å²) in [6, 6.07) is 18.6. The van der Waals surface area contributed by atoms with Crippen molar-refractivity contribution in [1.82, 2.24) is 14.7 Å². The lowest BCUT2D eigenvalue weighted by atomic mass is 9.90. The van der Waals surface area contributed by atoms with Gasteiger partial charge in [-0.3, -0.25) is 4.79 Å². The maximum Gasteiger partial charge on any atom is 0.281 e. The lowest BCUT2D eigenvalue weighted by molar-refractivity contribution is 0.0981. The van der Waals surface area contributed by atoms with E-state index in [-0.39, 0.29) is 16.1 Å². The normalized spacial score (nSPS) is 21.3. The highest BCUT2D eigenvalue weighted by atomic mass is 32.2. The summed E-state index contributed by atoms with van der Waals surface area (Å²) in [4.78, 5) is 26.5. The summed E-state index contributed by atoms with van der Waals surface area (Å²) < 4.78 is 28.8. The molecule has 2 aliphatic rings. The fourth-order valence-electron chi connectivity index (χ4n) is 5.54. The average Bonchev–Trinajstić information content (AvgIpc) is 3.20. The number of carbonyl (C=O) groups is 1. The van der Waals surface area contributed by atoms with Gasteiger partial charge >= 0.3 is 0 Å². The van der Waals surface area contributed by atoms with E-state index in [0.717, 1.165) is 38.9 Å². The molecule has 9 heteroatoms. The third kappa shape index (κ3) is 5.12. The Morgan fingerprint density at radius 3 is 2.53 bits per heavy atom. The van der Waals surface area contributed by atoms with E-state index in [1.807, 2.05) is 24.3 Å². The van der Waals surface area contributed by atoms with Gasteiger partial charge in [-0.1, -0.05) is 43.3 Å². The molecule has 0 saturated carbocycles. The molecule has 2 atom stereocenters. The lowest BCUT2D eigenvalue weighted by Gasteiger charge is -2.36. The van der Waals surface area contributed by atoms with Gasteiger partial charge < -0.3 is 9.80 Å². The zero-order chi connectivity index (χ0) is 26.9. The minimum Gasteiger partial charge on any atom is -0.356 e. The van der Waals surface area contributed by atoms with Crippen LogP contribution in [-0.4, -0.2) is 49.5 Å². The van der Waals surface area contributed by atoms with Gasteiger partial charge in [0, 0.05) is 37.3 Å². The van der Waals surface area contributed by atoms with Gasteiger partial charge in [-0.15, -0.1) is 0 Å². The van der Waals surface area contributed by atoms with Crippen LogP contribution in [0.5, 0.6) is 0 Å². The molecule has 0 spiro atoms. The number of rotatable bonds is 6. The molecule has 2 aromatic heterocycles. The highest BCUT2D eigenvalue weighted by Gasteiger charge is 2.40. The molecule has 200 valence electrons. The zero-order valence-corrected chi connectivity index (χ0v) is 23.0. The fourth-order valence-corrected chi connectivity index (χ4v) is 6.47. The topological polar surface area (TPSA) is 95.5 Å². The van der Waals surface area contributed by atoms with Crippen molar-refractivity contribution in [2.75, 3.05) is 29.4 Å². The second-order valence-corrected chi connectivity index (χ2v) is 12.5. The van der Waals surface area contributed by atoms with Crippen LogP contribution in [0.1, 0.15) is 61.9 Å². The predicted molar refractivity (Wildman–Crippen MR) is 149 cm³/mol. The predicted octanol–water partition coefficient (Wildman–Crippen LogP) is 4.60. The first kappa shape index (κ1) is 26.2. The Bertz CT molecular complexity index is 1410. The van der Waals surface area contributed by atoms with E-state index in [1.165, 1.54) is 11.6 Å². The van der Waals surface area contributed by atoms with Gasteiger partial charge in [0.15, 0.2) is 5.03 Å². The number of hydrogen-bond donors (Lipinski definition) is 1. The number of carbonyl (C=O) groups excluding carboxylic acids is 1. The number of pyridine rings is 2. The van der Waals surface area contributed by atoms with Crippen LogP contribution in [0, 0.1) is 5.92 Å². The van der Waals surface area contributed by atoms with E-state index >= 15 is 0 Å². The first-order valence-electron chi connectivity index (χ1n) is 13.2. The Morgan fingerprint density at radius 1 is 1.00 bits per heavy atom. The molecule has 3 aromatic rings. The van der Waals surface area contributed by atoms with Crippen LogP contribution >= 0.6 is 0 Å². The van der Waals surface area contributed by atoms with Crippen molar-refractivity contribution < 1.29 is 13.2 Å². The zero-order valence-electron chi connectivity index (χ0n) is 22.2. The van der Waals surface area contributed by atoms with E-state index in [9.17, 15) is 13.2 Å². The first-order valence-corrected chi connectivity index (χ1v) is 14.7. The molecule has 8 nitrogen and oxygen atoms in total. The van der Waals surface area contributed by atoms with Crippen LogP contribution in [0.15, 0.2) is 71.9 Å². The van der Waals surface area contributed by atoms with Crippen molar-refractivity contribution in [1.29, 1.82) is 0 Å². The summed E-state index contributed by atoms with van der Waals surface area (Å²) >= 11 is 0. The summed E-state index contributed by atoms with van der Waals surface area (Å²) in [5.74, 6) is 1.14. The van der Waals surface area contributed by atoms with Crippen molar-refractivity contribution in [3.63, 3.8) is 0 Å². The molecule has 2 unspecified atom stereocenters. The Labute approximate surface area is 225 Å². The second kappa shape index (κ2) is 10.4. The maximum atomic E-state index is 13.3. The van der Waals surface area contributed by atoms with Crippen LogP contribution < -0.4 is 14.5 Å². The molecule has 5 rings (SSSR count). The monoisotopic (exact) mass is 533 g/mol. The maximum absolute atomic E-state index is 13.3.